The first kappa shape index (κ1) is 25.5. The van der Waals surface area contributed by atoms with Crippen LogP contribution in [0.3, 0.4) is 0 Å². The van der Waals surface area contributed by atoms with Crippen molar-refractivity contribution in [2.24, 2.45) is 5.92 Å². The third kappa shape index (κ3) is 4.86. The van der Waals surface area contributed by atoms with Crippen LogP contribution >= 0.6 is 0 Å². The number of rotatable bonds is 5. The topological polar surface area (TPSA) is 84.9 Å². The summed E-state index contributed by atoms with van der Waals surface area (Å²) in [5.41, 5.74) is 2.51. The minimum atomic E-state index is -0.433. The fourth-order valence-corrected chi connectivity index (χ4v) is 7.39. The molecular formula is C28H41FN4O3. The van der Waals surface area contributed by atoms with Crippen molar-refractivity contribution in [3.63, 3.8) is 0 Å². The minimum Gasteiger partial charge on any atom is -0.394 e. The lowest BCUT2D eigenvalue weighted by molar-refractivity contribution is -0.136. The van der Waals surface area contributed by atoms with E-state index in [1.807, 2.05) is 6.92 Å². The van der Waals surface area contributed by atoms with Gasteiger partial charge in [-0.3, -0.25) is 14.5 Å². The van der Waals surface area contributed by atoms with Crippen LogP contribution in [0.15, 0.2) is 12.1 Å². The Labute approximate surface area is 213 Å². The van der Waals surface area contributed by atoms with Crippen LogP contribution in [0.1, 0.15) is 75.3 Å². The van der Waals surface area contributed by atoms with Gasteiger partial charge in [-0.25, -0.2) is 4.39 Å². The smallest absolute Gasteiger partial charge is 0.243 e. The quantitative estimate of drug-likeness (QED) is 0.579. The number of anilines is 1. The van der Waals surface area contributed by atoms with E-state index in [0.717, 1.165) is 69.2 Å². The summed E-state index contributed by atoms with van der Waals surface area (Å²) in [6, 6.07) is 3.15. The molecule has 2 aliphatic carbocycles. The van der Waals surface area contributed by atoms with E-state index in [2.05, 4.69) is 15.5 Å². The van der Waals surface area contributed by atoms with Gasteiger partial charge in [-0.05, 0) is 63.0 Å². The summed E-state index contributed by atoms with van der Waals surface area (Å²) >= 11 is 0. The number of piperazine rings is 1. The number of hydrogen-bond donors (Lipinski definition) is 3. The van der Waals surface area contributed by atoms with Crippen LogP contribution in [0.5, 0.6) is 0 Å². The average molecular weight is 501 g/mol. The maximum Gasteiger partial charge on any atom is 0.243 e. The first-order valence-corrected chi connectivity index (χ1v) is 13.9. The lowest BCUT2D eigenvalue weighted by Gasteiger charge is -2.45. The maximum atomic E-state index is 15.0. The number of benzene rings is 1. The Morgan fingerprint density at radius 3 is 2.64 bits per heavy atom. The Morgan fingerprint density at radius 1 is 1.14 bits per heavy atom. The highest BCUT2D eigenvalue weighted by Crippen LogP contribution is 2.48. The highest BCUT2D eigenvalue weighted by atomic mass is 19.1. The molecular weight excluding hydrogens is 459 g/mol. The zero-order chi connectivity index (χ0) is 25.4. The molecule has 0 aromatic heterocycles. The van der Waals surface area contributed by atoms with Crippen LogP contribution in [0.4, 0.5) is 10.1 Å². The molecule has 1 saturated heterocycles. The zero-order valence-electron chi connectivity index (χ0n) is 21.6. The summed E-state index contributed by atoms with van der Waals surface area (Å²) in [4.78, 5) is 29.8. The highest BCUT2D eigenvalue weighted by molar-refractivity contribution is 5.89. The third-order valence-electron chi connectivity index (χ3n) is 9.22. The molecule has 36 heavy (non-hydrogen) atoms. The van der Waals surface area contributed by atoms with Crippen molar-refractivity contribution in [1.82, 2.24) is 15.1 Å². The number of carbonyl (C=O) groups excluding carboxylic acids is 2. The monoisotopic (exact) mass is 500 g/mol. The largest absolute Gasteiger partial charge is 0.394 e. The van der Waals surface area contributed by atoms with Gasteiger partial charge in [0.1, 0.15) is 11.9 Å². The van der Waals surface area contributed by atoms with Crippen LogP contribution < -0.4 is 10.6 Å². The number of aryl methyl sites for hydroxylation is 1. The standard InChI is InChI=1S/C28H41FN4O3/c1-17-10-11-23(29)25-24(19-6-3-4-7-19)27(31-26(17)25)28(36)30-20-8-5-9-21(14-20)32-12-13-33(18(2)35)22(15-32)16-34/h10-11,19-22,24,27,31,34H,3-9,12-16H2,1-2H3,(H,30,36)/t20-,21?,22+,24?,27?/m1/s1. The molecule has 3 fully saturated rings. The third-order valence-corrected chi connectivity index (χ3v) is 9.22. The van der Waals surface area contributed by atoms with Gasteiger partial charge in [0.2, 0.25) is 11.8 Å². The van der Waals surface area contributed by atoms with Crippen molar-refractivity contribution < 1.29 is 19.1 Å². The number of aliphatic hydroxyl groups is 1. The van der Waals surface area contributed by atoms with E-state index < -0.39 is 6.04 Å². The Morgan fingerprint density at radius 2 is 1.92 bits per heavy atom. The molecule has 5 rings (SSSR count). The molecule has 1 aromatic rings. The number of hydrogen-bond acceptors (Lipinski definition) is 5. The Hall–Kier alpha value is -2.19. The van der Waals surface area contributed by atoms with Gasteiger partial charge >= 0.3 is 0 Å². The highest BCUT2D eigenvalue weighted by Gasteiger charge is 2.45. The minimum absolute atomic E-state index is 0.0102. The van der Waals surface area contributed by atoms with Crippen molar-refractivity contribution in [3.05, 3.63) is 29.1 Å². The van der Waals surface area contributed by atoms with Crippen LogP contribution in [0.25, 0.3) is 0 Å². The molecule has 198 valence electrons. The molecule has 2 aliphatic heterocycles. The van der Waals surface area contributed by atoms with Crippen LogP contribution in [-0.4, -0.2) is 77.1 Å². The van der Waals surface area contributed by atoms with Gasteiger partial charge in [0.15, 0.2) is 0 Å². The van der Waals surface area contributed by atoms with Gasteiger partial charge in [-0.2, -0.15) is 0 Å². The van der Waals surface area contributed by atoms with E-state index in [1.54, 1.807) is 24.0 Å². The molecule has 8 heteroatoms. The van der Waals surface area contributed by atoms with E-state index in [0.29, 0.717) is 30.6 Å². The first-order chi connectivity index (χ1) is 17.4. The number of nitrogens with zero attached hydrogens (tertiary/aromatic N) is 2. The van der Waals surface area contributed by atoms with E-state index in [-0.39, 0.29) is 42.2 Å². The molecule has 7 nitrogen and oxygen atoms in total. The van der Waals surface area contributed by atoms with E-state index in [1.165, 1.54) is 0 Å². The predicted molar refractivity (Wildman–Crippen MR) is 137 cm³/mol. The molecule has 2 amide bonds. The predicted octanol–water partition coefficient (Wildman–Crippen LogP) is 3.15. The van der Waals surface area contributed by atoms with Gasteiger partial charge < -0.3 is 20.6 Å². The average Bonchev–Trinajstić information content (AvgIpc) is 3.54. The van der Waals surface area contributed by atoms with Gasteiger partial charge in [-0.15, -0.1) is 0 Å². The fourth-order valence-electron chi connectivity index (χ4n) is 7.39. The van der Waals surface area contributed by atoms with E-state index >= 15 is 4.39 Å². The second-order valence-corrected chi connectivity index (χ2v) is 11.4. The lowest BCUT2D eigenvalue weighted by atomic mass is 9.80. The number of carbonyl (C=O) groups is 2. The fraction of sp³-hybridized carbons (Fsp3) is 0.714. The number of amides is 2. The van der Waals surface area contributed by atoms with Gasteiger partial charge in [0.25, 0.3) is 0 Å². The molecule has 1 aromatic carbocycles. The summed E-state index contributed by atoms with van der Waals surface area (Å²) in [6.07, 6.45) is 8.30. The summed E-state index contributed by atoms with van der Waals surface area (Å²) in [5.74, 6) is 0.0130. The van der Waals surface area contributed by atoms with Crippen molar-refractivity contribution >= 4 is 17.5 Å². The van der Waals surface area contributed by atoms with Gasteiger partial charge in [0, 0.05) is 55.8 Å². The van der Waals surface area contributed by atoms with Crippen LogP contribution in [-0.2, 0) is 9.59 Å². The van der Waals surface area contributed by atoms with Crippen molar-refractivity contribution in [3.8, 4) is 0 Å². The van der Waals surface area contributed by atoms with E-state index in [4.69, 9.17) is 0 Å². The van der Waals surface area contributed by atoms with Crippen molar-refractivity contribution in [2.45, 2.75) is 95.3 Å². The summed E-state index contributed by atoms with van der Waals surface area (Å²) in [7, 11) is 0. The first-order valence-electron chi connectivity index (χ1n) is 13.9. The second-order valence-electron chi connectivity index (χ2n) is 11.4. The summed E-state index contributed by atoms with van der Waals surface area (Å²) in [5, 5.41) is 16.6. The van der Waals surface area contributed by atoms with Gasteiger partial charge in [-0.1, -0.05) is 18.9 Å². The normalized spacial score (nSPS) is 31.2. The Balaban J connectivity index is 1.26. The van der Waals surface area contributed by atoms with E-state index in [9.17, 15) is 14.7 Å². The number of nitrogens with one attached hydrogen (secondary N) is 2. The summed E-state index contributed by atoms with van der Waals surface area (Å²) in [6.45, 7) is 5.61. The van der Waals surface area contributed by atoms with Crippen molar-refractivity contribution in [1.29, 1.82) is 0 Å². The lowest BCUT2D eigenvalue weighted by Crippen LogP contribution is -2.59. The van der Waals surface area contributed by atoms with Gasteiger partial charge in [0.05, 0.1) is 12.6 Å². The molecule has 3 unspecified atom stereocenters. The number of halogens is 1. The Bertz CT molecular complexity index is 982. The van der Waals surface area contributed by atoms with Crippen LogP contribution in [0, 0.1) is 18.7 Å². The molecule has 3 N–H and O–H groups in total. The number of aliphatic hydroxyl groups excluding tert-OH is 1. The molecule has 2 saturated carbocycles. The van der Waals surface area contributed by atoms with Crippen LogP contribution in [0.2, 0.25) is 0 Å². The Kier molecular flexibility index (Phi) is 7.54. The summed E-state index contributed by atoms with van der Waals surface area (Å²) < 4.78 is 15.0. The number of fused-ring (bicyclic) bond motifs is 1. The van der Waals surface area contributed by atoms with Crippen molar-refractivity contribution in [2.75, 3.05) is 31.6 Å². The molecule has 4 aliphatic rings. The molecule has 0 spiro atoms. The molecule has 2 heterocycles. The molecule has 5 atom stereocenters. The SMILES string of the molecule is CC(=O)N1CCN(C2CCC[C@@H](NC(=O)C3Nc4c(C)ccc(F)c4C3C3CCCC3)C2)C[C@H]1CO. The second kappa shape index (κ2) is 10.7. The maximum absolute atomic E-state index is 15.0. The molecule has 0 bridgehead atoms. The zero-order valence-corrected chi connectivity index (χ0v) is 21.6. The molecule has 0 radical (unpaired) electrons.